The third kappa shape index (κ3) is 5.53. The van der Waals surface area contributed by atoms with Crippen LogP contribution in [0.5, 0.6) is 11.5 Å². The van der Waals surface area contributed by atoms with Crippen LogP contribution in [0, 0.1) is 0 Å². The molecule has 0 bridgehead atoms. The third-order valence-electron chi connectivity index (χ3n) is 2.61. The summed E-state index contributed by atoms with van der Waals surface area (Å²) in [6.45, 7) is 4.94. The number of carbonyl (C=O) groups excluding carboxylic acids is 2. The molecule has 1 aromatic rings. The first-order valence-electron chi connectivity index (χ1n) is 6.89. The predicted octanol–water partition coefficient (Wildman–Crippen LogP) is 1.65. The molecule has 0 heterocycles. The number of ether oxygens (including phenoxy) is 2. The van der Waals surface area contributed by atoms with Crippen molar-refractivity contribution >= 4 is 27.5 Å². The maximum absolute atomic E-state index is 11.7. The molecule has 1 amide bonds. The highest BCUT2D eigenvalue weighted by atomic mass is 32.2. The van der Waals surface area contributed by atoms with Crippen molar-refractivity contribution in [2.24, 2.45) is 0 Å². The molecule has 0 aromatic heterocycles. The van der Waals surface area contributed by atoms with E-state index in [1.807, 2.05) is 0 Å². The maximum atomic E-state index is 11.7. The molecule has 2 N–H and O–H groups in total. The van der Waals surface area contributed by atoms with Gasteiger partial charge in [-0.3, -0.25) is 14.1 Å². The normalized spacial score (nSPS) is 11.0. The van der Waals surface area contributed by atoms with Gasteiger partial charge in [0.05, 0.1) is 25.3 Å². The van der Waals surface area contributed by atoms with E-state index in [9.17, 15) is 22.6 Å². The Bertz CT molecular complexity index is 697. The van der Waals surface area contributed by atoms with Crippen molar-refractivity contribution in [3.8, 4) is 11.5 Å². The molecule has 1 aromatic carbocycles. The lowest BCUT2D eigenvalue weighted by Crippen LogP contribution is -2.16. The van der Waals surface area contributed by atoms with Crippen molar-refractivity contribution in [1.29, 1.82) is 0 Å². The zero-order valence-electron chi connectivity index (χ0n) is 13.1. The van der Waals surface area contributed by atoms with Gasteiger partial charge < -0.3 is 14.8 Å². The molecule has 0 saturated heterocycles. The second-order valence-electron chi connectivity index (χ2n) is 4.56. The van der Waals surface area contributed by atoms with Crippen molar-refractivity contribution in [2.75, 3.05) is 18.5 Å². The molecule has 0 saturated carbocycles. The minimum atomic E-state index is -4.53. The summed E-state index contributed by atoms with van der Waals surface area (Å²) in [5, 5.41) is 2.46. The van der Waals surface area contributed by atoms with Gasteiger partial charge in [-0.2, -0.15) is 8.42 Å². The van der Waals surface area contributed by atoms with Crippen LogP contribution in [0.2, 0.25) is 0 Å². The summed E-state index contributed by atoms with van der Waals surface area (Å²) in [5.74, 6) is -0.974. The lowest BCUT2D eigenvalue weighted by atomic mass is 10.2. The van der Waals surface area contributed by atoms with E-state index in [1.165, 1.54) is 13.0 Å². The van der Waals surface area contributed by atoms with E-state index in [4.69, 9.17) is 9.47 Å². The van der Waals surface area contributed by atoms with E-state index >= 15 is 0 Å². The van der Waals surface area contributed by atoms with Crippen LogP contribution in [0.3, 0.4) is 0 Å². The van der Waals surface area contributed by atoms with Gasteiger partial charge in [0.2, 0.25) is 5.91 Å². The van der Waals surface area contributed by atoms with Gasteiger partial charge in [-0.15, -0.1) is 0 Å². The minimum absolute atomic E-state index is 0.0421. The number of ketones is 1. The van der Waals surface area contributed by atoms with E-state index in [0.717, 1.165) is 6.07 Å². The summed E-state index contributed by atoms with van der Waals surface area (Å²) < 4.78 is 42.7. The fraction of sp³-hybridized carbons (Fsp3) is 0.429. The topological polar surface area (TPSA) is 119 Å². The largest absolute Gasteiger partial charge is 0.492 e. The summed E-state index contributed by atoms with van der Waals surface area (Å²) in [7, 11) is -4.53. The van der Waals surface area contributed by atoms with E-state index in [0.29, 0.717) is 0 Å². The summed E-state index contributed by atoms with van der Waals surface area (Å²) in [5.41, 5.74) is 0.147. The Morgan fingerprint density at radius 2 is 1.70 bits per heavy atom. The van der Waals surface area contributed by atoms with E-state index in [1.54, 1.807) is 13.8 Å². The van der Waals surface area contributed by atoms with Crippen molar-refractivity contribution < 1.29 is 32.0 Å². The molecular weight excluding hydrogens is 326 g/mol. The molecule has 8 nitrogen and oxygen atoms in total. The number of nitrogens with one attached hydrogen (secondary N) is 1. The molecule has 128 valence electrons. The van der Waals surface area contributed by atoms with Crippen LogP contribution < -0.4 is 14.8 Å². The first kappa shape index (κ1) is 18.9. The fourth-order valence-electron chi connectivity index (χ4n) is 1.80. The molecule has 0 atom stereocenters. The zero-order chi connectivity index (χ0) is 17.6. The number of rotatable bonds is 8. The quantitative estimate of drug-likeness (QED) is 0.543. The summed E-state index contributed by atoms with van der Waals surface area (Å²) in [6.07, 6.45) is -0.324. The monoisotopic (exact) mass is 345 g/mol. The van der Waals surface area contributed by atoms with Gasteiger partial charge in [0.25, 0.3) is 10.1 Å². The van der Waals surface area contributed by atoms with Crippen LogP contribution in [-0.4, -0.2) is 37.9 Å². The van der Waals surface area contributed by atoms with Crippen molar-refractivity contribution in [3.63, 3.8) is 0 Å². The van der Waals surface area contributed by atoms with Crippen molar-refractivity contribution in [3.05, 3.63) is 12.1 Å². The highest BCUT2D eigenvalue weighted by Gasteiger charge is 2.22. The Morgan fingerprint density at radius 3 is 2.17 bits per heavy atom. The second-order valence-corrected chi connectivity index (χ2v) is 5.95. The number of anilines is 1. The molecule has 0 unspecified atom stereocenters. The van der Waals surface area contributed by atoms with Gasteiger partial charge in [-0.1, -0.05) is 0 Å². The molecule has 23 heavy (non-hydrogen) atoms. The first-order valence-corrected chi connectivity index (χ1v) is 8.33. The highest BCUT2D eigenvalue weighted by molar-refractivity contribution is 7.86. The molecule has 9 heteroatoms. The van der Waals surface area contributed by atoms with Crippen LogP contribution in [-0.2, 0) is 19.7 Å². The third-order valence-corrected chi connectivity index (χ3v) is 3.48. The Hall–Kier alpha value is -2.13. The Labute approximate surface area is 134 Å². The lowest BCUT2D eigenvalue weighted by Gasteiger charge is -2.16. The molecule has 0 aliphatic rings. The second kappa shape index (κ2) is 7.93. The fourth-order valence-corrected chi connectivity index (χ4v) is 2.43. The molecular formula is C14H19NO7S. The van der Waals surface area contributed by atoms with E-state index < -0.39 is 20.9 Å². The number of hydrogen-bond donors (Lipinski definition) is 2. The van der Waals surface area contributed by atoms with Gasteiger partial charge in [0, 0.05) is 12.1 Å². The Balaban J connectivity index is 3.35. The smallest absolute Gasteiger partial charge is 0.298 e. The molecule has 0 radical (unpaired) electrons. The van der Waals surface area contributed by atoms with Crippen molar-refractivity contribution in [1.82, 2.24) is 0 Å². The van der Waals surface area contributed by atoms with Gasteiger partial charge in [0.1, 0.15) is 22.2 Å². The van der Waals surface area contributed by atoms with E-state index in [-0.39, 0.29) is 42.6 Å². The highest BCUT2D eigenvalue weighted by Crippen LogP contribution is 2.36. The minimum Gasteiger partial charge on any atom is -0.492 e. The first-order chi connectivity index (χ1) is 10.7. The number of Topliss-reactive ketones (excluding diaryl/α,β-unsaturated/α-hetero) is 1. The Morgan fingerprint density at radius 1 is 1.13 bits per heavy atom. The Kier molecular flexibility index (Phi) is 6.52. The standard InChI is InChI=1S/C14H19NO7S/c1-4-21-11-8-13(23(18,19)20)12(22-5-2)7-10(11)15-14(17)6-9(3)16/h7-8H,4-6H2,1-3H3,(H,15,17)(H,18,19,20). The van der Waals surface area contributed by atoms with Gasteiger partial charge in [-0.25, -0.2) is 0 Å². The summed E-state index contributed by atoms with van der Waals surface area (Å²) >= 11 is 0. The van der Waals surface area contributed by atoms with Gasteiger partial charge in [0.15, 0.2) is 0 Å². The van der Waals surface area contributed by atoms with Crippen molar-refractivity contribution in [2.45, 2.75) is 32.1 Å². The summed E-state index contributed by atoms with van der Waals surface area (Å²) in [4.78, 5) is 22.2. The molecule has 1 rings (SSSR count). The maximum Gasteiger partial charge on any atom is 0.298 e. The van der Waals surface area contributed by atoms with Crippen LogP contribution >= 0.6 is 0 Å². The SMILES string of the molecule is CCOc1cc(S(=O)(=O)O)c(OCC)cc1NC(=O)CC(C)=O. The van der Waals surface area contributed by atoms with Crippen LogP contribution in [0.15, 0.2) is 17.0 Å². The van der Waals surface area contributed by atoms with Gasteiger partial charge in [-0.05, 0) is 20.8 Å². The van der Waals surface area contributed by atoms with E-state index in [2.05, 4.69) is 5.32 Å². The number of amides is 1. The number of carbonyl (C=O) groups is 2. The summed E-state index contributed by atoms with van der Waals surface area (Å²) in [6, 6.07) is 2.29. The number of hydrogen-bond acceptors (Lipinski definition) is 6. The van der Waals surface area contributed by atoms with Crippen LogP contribution in [0.25, 0.3) is 0 Å². The lowest BCUT2D eigenvalue weighted by molar-refractivity contribution is -0.124. The van der Waals surface area contributed by atoms with Crippen LogP contribution in [0.1, 0.15) is 27.2 Å². The average molecular weight is 345 g/mol. The predicted molar refractivity (Wildman–Crippen MR) is 82.5 cm³/mol. The van der Waals surface area contributed by atoms with Gasteiger partial charge >= 0.3 is 0 Å². The average Bonchev–Trinajstić information content (AvgIpc) is 2.39. The molecule has 0 spiro atoms. The molecule has 0 fully saturated rings. The number of benzene rings is 1. The van der Waals surface area contributed by atoms with Crippen LogP contribution in [0.4, 0.5) is 5.69 Å². The molecule has 0 aliphatic heterocycles. The zero-order valence-corrected chi connectivity index (χ0v) is 13.9. The molecule has 0 aliphatic carbocycles.